The largest absolute Gasteiger partial charge is 0.382 e. The Morgan fingerprint density at radius 2 is 2.30 bits per heavy atom. The summed E-state index contributed by atoms with van der Waals surface area (Å²) in [7, 11) is 0. The molecule has 56 valence electrons. The van der Waals surface area contributed by atoms with E-state index in [4.69, 9.17) is 5.73 Å². The summed E-state index contributed by atoms with van der Waals surface area (Å²) in [5.74, 6) is 0.624. The summed E-state index contributed by atoms with van der Waals surface area (Å²) in [5.41, 5.74) is 6.71. The van der Waals surface area contributed by atoms with Crippen molar-refractivity contribution in [3.05, 3.63) is 11.8 Å². The van der Waals surface area contributed by atoms with Gasteiger partial charge in [-0.2, -0.15) is 5.10 Å². The van der Waals surface area contributed by atoms with Crippen LogP contribution in [-0.4, -0.2) is 9.78 Å². The van der Waals surface area contributed by atoms with Gasteiger partial charge < -0.3 is 5.73 Å². The van der Waals surface area contributed by atoms with Gasteiger partial charge in [-0.15, -0.1) is 0 Å². The summed E-state index contributed by atoms with van der Waals surface area (Å²) in [6, 6.07) is 1.92. The first-order valence-electron chi connectivity index (χ1n) is 3.60. The number of aromatic nitrogens is 2. The molecule has 0 saturated heterocycles. The first-order valence-corrected chi connectivity index (χ1v) is 3.60. The maximum atomic E-state index is 5.50. The Balaban J connectivity index is 2.96. The van der Waals surface area contributed by atoms with Gasteiger partial charge >= 0.3 is 0 Å². The van der Waals surface area contributed by atoms with Crippen LogP contribution in [0.2, 0.25) is 0 Å². The molecule has 0 aliphatic rings. The predicted molar refractivity (Wildman–Crippen MR) is 41.7 cm³/mol. The molecule has 10 heavy (non-hydrogen) atoms. The summed E-state index contributed by atoms with van der Waals surface area (Å²) in [5, 5.41) is 4.09. The normalized spacial score (nSPS) is 10.2. The van der Waals surface area contributed by atoms with Crippen LogP contribution >= 0.6 is 0 Å². The van der Waals surface area contributed by atoms with E-state index in [9.17, 15) is 0 Å². The fourth-order valence-corrected chi connectivity index (χ4v) is 1.04. The third-order valence-corrected chi connectivity index (χ3v) is 1.54. The van der Waals surface area contributed by atoms with Crippen molar-refractivity contribution in [2.75, 3.05) is 5.73 Å². The lowest BCUT2D eigenvalue weighted by Gasteiger charge is -1.98. The fraction of sp³-hybridized carbons (Fsp3) is 0.571. The molecule has 0 atom stereocenters. The first-order chi connectivity index (χ1) is 4.77. The minimum atomic E-state index is 0.624. The second-order valence-corrected chi connectivity index (χ2v) is 2.23. The Morgan fingerprint density at radius 3 is 2.70 bits per heavy atom. The smallest absolute Gasteiger partial charge is 0.145 e. The highest BCUT2D eigenvalue weighted by Gasteiger charge is 1.99. The van der Waals surface area contributed by atoms with Gasteiger partial charge in [0.1, 0.15) is 5.82 Å². The number of aryl methyl sites for hydroxylation is 2. The molecule has 3 heteroatoms. The van der Waals surface area contributed by atoms with Crippen LogP contribution in [0.4, 0.5) is 5.82 Å². The average molecular weight is 139 g/mol. The van der Waals surface area contributed by atoms with E-state index in [1.807, 2.05) is 10.7 Å². The summed E-state index contributed by atoms with van der Waals surface area (Å²) in [4.78, 5) is 0. The molecule has 0 spiro atoms. The Bertz CT molecular complexity index is 193. The van der Waals surface area contributed by atoms with Gasteiger partial charge in [0.2, 0.25) is 0 Å². The molecule has 0 aliphatic heterocycles. The number of nitrogens with zero attached hydrogens (tertiary/aromatic N) is 2. The van der Waals surface area contributed by atoms with Gasteiger partial charge in [0.05, 0.1) is 0 Å². The SMILES string of the molecule is CCc1cc(N)nn1CC. The molecular weight excluding hydrogens is 126 g/mol. The number of nitrogens with two attached hydrogens (primary N) is 1. The number of hydrogen-bond donors (Lipinski definition) is 1. The van der Waals surface area contributed by atoms with E-state index < -0.39 is 0 Å². The van der Waals surface area contributed by atoms with Gasteiger partial charge in [-0.05, 0) is 13.3 Å². The lowest BCUT2D eigenvalue weighted by Crippen LogP contribution is -2.01. The molecular formula is C7H13N3. The second kappa shape index (κ2) is 2.73. The maximum Gasteiger partial charge on any atom is 0.145 e. The molecule has 3 nitrogen and oxygen atoms in total. The Morgan fingerprint density at radius 1 is 1.60 bits per heavy atom. The van der Waals surface area contributed by atoms with Gasteiger partial charge in [-0.25, -0.2) is 0 Å². The zero-order valence-electron chi connectivity index (χ0n) is 6.46. The summed E-state index contributed by atoms with van der Waals surface area (Å²) < 4.78 is 1.93. The highest BCUT2D eigenvalue weighted by atomic mass is 15.3. The van der Waals surface area contributed by atoms with Crippen LogP contribution in [-0.2, 0) is 13.0 Å². The number of rotatable bonds is 2. The highest BCUT2D eigenvalue weighted by molar-refractivity contribution is 5.29. The molecule has 0 aliphatic carbocycles. The Labute approximate surface area is 60.8 Å². The molecule has 0 radical (unpaired) electrons. The van der Waals surface area contributed by atoms with Crippen molar-refractivity contribution in [2.24, 2.45) is 0 Å². The van der Waals surface area contributed by atoms with Crippen molar-refractivity contribution < 1.29 is 0 Å². The molecule has 0 unspecified atom stereocenters. The van der Waals surface area contributed by atoms with E-state index >= 15 is 0 Å². The van der Waals surface area contributed by atoms with Crippen molar-refractivity contribution in [1.82, 2.24) is 9.78 Å². The highest BCUT2D eigenvalue weighted by Crippen LogP contribution is 2.05. The molecule has 0 amide bonds. The van der Waals surface area contributed by atoms with Crippen LogP contribution in [0.5, 0.6) is 0 Å². The van der Waals surface area contributed by atoms with Gasteiger partial charge in [0, 0.05) is 18.3 Å². The molecule has 0 bridgehead atoms. The van der Waals surface area contributed by atoms with Crippen molar-refractivity contribution in [3.63, 3.8) is 0 Å². The summed E-state index contributed by atoms with van der Waals surface area (Å²) >= 11 is 0. The molecule has 1 aromatic heterocycles. The van der Waals surface area contributed by atoms with E-state index in [1.165, 1.54) is 5.69 Å². The van der Waals surface area contributed by atoms with E-state index in [2.05, 4.69) is 18.9 Å². The zero-order valence-corrected chi connectivity index (χ0v) is 6.46. The molecule has 1 heterocycles. The molecule has 0 fully saturated rings. The maximum absolute atomic E-state index is 5.50. The minimum absolute atomic E-state index is 0.624. The summed E-state index contributed by atoms with van der Waals surface area (Å²) in [6.07, 6.45) is 0.998. The molecule has 1 rings (SSSR count). The second-order valence-electron chi connectivity index (χ2n) is 2.23. The fourth-order valence-electron chi connectivity index (χ4n) is 1.04. The molecule has 0 saturated carbocycles. The van der Waals surface area contributed by atoms with Crippen molar-refractivity contribution in [2.45, 2.75) is 26.8 Å². The van der Waals surface area contributed by atoms with Crippen LogP contribution in [0, 0.1) is 0 Å². The van der Waals surface area contributed by atoms with Gasteiger partial charge in [0.15, 0.2) is 0 Å². The molecule has 2 N–H and O–H groups in total. The van der Waals surface area contributed by atoms with Crippen molar-refractivity contribution in [1.29, 1.82) is 0 Å². The quantitative estimate of drug-likeness (QED) is 0.665. The topological polar surface area (TPSA) is 43.8 Å². The van der Waals surface area contributed by atoms with Crippen LogP contribution in [0.25, 0.3) is 0 Å². The van der Waals surface area contributed by atoms with E-state index in [0.717, 1.165) is 13.0 Å². The minimum Gasteiger partial charge on any atom is -0.382 e. The van der Waals surface area contributed by atoms with Crippen LogP contribution in [0.1, 0.15) is 19.5 Å². The van der Waals surface area contributed by atoms with Crippen molar-refractivity contribution >= 4 is 5.82 Å². The predicted octanol–water partition coefficient (Wildman–Crippen LogP) is 1.05. The Hall–Kier alpha value is -0.990. The number of anilines is 1. The summed E-state index contributed by atoms with van der Waals surface area (Å²) in [6.45, 7) is 5.06. The number of hydrogen-bond acceptors (Lipinski definition) is 2. The third-order valence-electron chi connectivity index (χ3n) is 1.54. The number of nitrogen functional groups attached to an aromatic ring is 1. The van der Waals surface area contributed by atoms with E-state index in [1.54, 1.807) is 0 Å². The van der Waals surface area contributed by atoms with Gasteiger partial charge in [-0.3, -0.25) is 4.68 Å². The van der Waals surface area contributed by atoms with Gasteiger partial charge in [0.25, 0.3) is 0 Å². The average Bonchev–Trinajstić information content (AvgIpc) is 2.30. The van der Waals surface area contributed by atoms with Crippen LogP contribution in [0.3, 0.4) is 0 Å². The van der Waals surface area contributed by atoms with Crippen LogP contribution < -0.4 is 5.73 Å². The lowest BCUT2D eigenvalue weighted by atomic mass is 10.3. The van der Waals surface area contributed by atoms with E-state index in [0.29, 0.717) is 5.82 Å². The standard InChI is InChI=1S/C7H13N3/c1-3-6-5-7(8)9-10(6)4-2/h5H,3-4H2,1-2H3,(H2,8,9). The van der Waals surface area contributed by atoms with Crippen molar-refractivity contribution in [3.8, 4) is 0 Å². The van der Waals surface area contributed by atoms with Crippen LogP contribution in [0.15, 0.2) is 6.07 Å². The first kappa shape index (κ1) is 7.12. The van der Waals surface area contributed by atoms with Gasteiger partial charge in [-0.1, -0.05) is 6.92 Å². The zero-order chi connectivity index (χ0) is 7.56. The Kier molecular flexibility index (Phi) is 1.94. The van der Waals surface area contributed by atoms with E-state index in [-0.39, 0.29) is 0 Å². The monoisotopic (exact) mass is 139 g/mol. The third kappa shape index (κ3) is 1.12. The lowest BCUT2D eigenvalue weighted by molar-refractivity contribution is 0.628. The molecule has 0 aromatic carbocycles. The molecule has 1 aromatic rings.